The number of hydrogen-bond acceptors (Lipinski definition) is 4. The van der Waals surface area contributed by atoms with Crippen LogP contribution in [0.2, 0.25) is 0 Å². The molecule has 0 radical (unpaired) electrons. The van der Waals surface area contributed by atoms with Crippen molar-refractivity contribution in [3.05, 3.63) is 29.8 Å². The van der Waals surface area contributed by atoms with E-state index in [1.165, 1.54) is 0 Å². The Hall–Kier alpha value is -1.07. The zero-order valence-corrected chi connectivity index (χ0v) is 11.5. The maximum atomic E-state index is 11.9. The largest absolute Gasteiger partial charge is 0.497 e. The van der Waals surface area contributed by atoms with Gasteiger partial charge < -0.3 is 10.1 Å². The van der Waals surface area contributed by atoms with E-state index < -0.39 is 9.84 Å². The Morgan fingerprint density at radius 1 is 1.28 bits per heavy atom. The zero-order valence-electron chi connectivity index (χ0n) is 10.7. The third kappa shape index (κ3) is 3.03. The quantitative estimate of drug-likeness (QED) is 0.904. The van der Waals surface area contributed by atoms with E-state index in [0.29, 0.717) is 0 Å². The Morgan fingerprint density at radius 2 is 1.94 bits per heavy atom. The molecule has 1 aliphatic rings. The monoisotopic (exact) mass is 269 g/mol. The van der Waals surface area contributed by atoms with Gasteiger partial charge in [0.05, 0.1) is 18.6 Å². The van der Waals surface area contributed by atoms with Gasteiger partial charge in [0.25, 0.3) is 0 Å². The van der Waals surface area contributed by atoms with Gasteiger partial charge in [0.2, 0.25) is 0 Å². The predicted molar refractivity (Wildman–Crippen MR) is 71.6 cm³/mol. The number of hydrogen-bond donors (Lipinski definition) is 1. The molecule has 1 saturated heterocycles. The second-order valence-corrected chi connectivity index (χ2v) is 6.83. The summed E-state index contributed by atoms with van der Waals surface area (Å²) < 4.78 is 28.8. The fourth-order valence-electron chi connectivity index (χ4n) is 2.27. The van der Waals surface area contributed by atoms with E-state index in [1.807, 2.05) is 31.2 Å². The average Bonchev–Trinajstić information content (AvgIpc) is 2.37. The Labute approximate surface area is 108 Å². The van der Waals surface area contributed by atoms with Crippen molar-refractivity contribution in [2.24, 2.45) is 0 Å². The summed E-state index contributed by atoms with van der Waals surface area (Å²) in [6, 6.07) is 7.50. The van der Waals surface area contributed by atoms with Gasteiger partial charge in [-0.2, -0.15) is 0 Å². The molecule has 1 aliphatic heterocycles. The van der Waals surface area contributed by atoms with Crippen LogP contribution in [0.5, 0.6) is 5.75 Å². The highest BCUT2D eigenvalue weighted by molar-refractivity contribution is 7.91. The van der Waals surface area contributed by atoms with Gasteiger partial charge in [0.1, 0.15) is 5.75 Å². The van der Waals surface area contributed by atoms with Crippen LogP contribution in [0.15, 0.2) is 24.3 Å². The predicted octanol–water partition coefficient (Wildman–Crippen LogP) is 1.53. The van der Waals surface area contributed by atoms with Crippen molar-refractivity contribution >= 4 is 9.84 Å². The van der Waals surface area contributed by atoms with Crippen LogP contribution in [0.1, 0.15) is 24.9 Å². The molecule has 1 aromatic rings. The van der Waals surface area contributed by atoms with Gasteiger partial charge in [-0.3, -0.25) is 0 Å². The maximum absolute atomic E-state index is 11.9. The molecular weight excluding hydrogens is 250 g/mol. The number of nitrogens with one attached hydrogen (secondary N) is 1. The maximum Gasteiger partial charge on any atom is 0.153 e. The molecule has 0 aliphatic carbocycles. The molecular formula is C13H19NO3S. The molecule has 1 heterocycles. The molecule has 2 unspecified atom stereocenters. The lowest BCUT2D eigenvalue weighted by molar-refractivity contribution is 0.413. The SMILES string of the molecule is CCC1CS(=O)(=O)CC(c2ccc(OC)cc2)N1. The molecule has 100 valence electrons. The van der Waals surface area contributed by atoms with Gasteiger partial charge in [0.15, 0.2) is 9.84 Å². The normalized spacial score (nSPS) is 26.8. The molecule has 4 nitrogen and oxygen atoms in total. The summed E-state index contributed by atoms with van der Waals surface area (Å²) in [6.07, 6.45) is 0.825. The van der Waals surface area contributed by atoms with Crippen LogP contribution in [-0.4, -0.2) is 33.1 Å². The first-order chi connectivity index (χ1) is 8.54. The molecule has 1 aromatic carbocycles. The van der Waals surface area contributed by atoms with E-state index in [9.17, 15) is 8.42 Å². The van der Waals surface area contributed by atoms with Crippen LogP contribution in [0.3, 0.4) is 0 Å². The minimum Gasteiger partial charge on any atom is -0.497 e. The smallest absolute Gasteiger partial charge is 0.153 e. The van der Waals surface area contributed by atoms with Crippen molar-refractivity contribution in [1.29, 1.82) is 0 Å². The van der Waals surface area contributed by atoms with E-state index in [-0.39, 0.29) is 23.6 Å². The number of ether oxygens (including phenoxy) is 1. The topological polar surface area (TPSA) is 55.4 Å². The first kappa shape index (κ1) is 13.4. The van der Waals surface area contributed by atoms with Crippen molar-refractivity contribution in [3.8, 4) is 5.75 Å². The third-order valence-electron chi connectivity index (χ3n) is 3.32. The summed E-state index contributed by atoms with van der Waals surface area (Å²) >= 11 is 0. The third-order valence-corrected chi connectivity index (χ3v) is 5.08. The molecule has 2 atom stereocenters. The second kappa shape index (κ2) is 5.28. The Kier molecular flexibility index (Phi) is 3.92. The minimum absolute atomic E-state index is 0.0517. The molecule has 0 bridgehead atoms. The standard InChI is InChI=1S/C13H19NO3S/c1-3-11-8-18(15,16)9-13(14-11)10-4-6-12(17-2)7-5-10/h4-7,11,13-14H,3,8-9H2,1-2H3. The summed E-state index contributed by atoms with van der Waals surface area (Å²) in [6.45, 7) is 2.00. The molecule has 0 saturated carbocycles. The van der Waals surface area contributed by atoms with Crippen LogP contribution in [0.25, 0.3) is 0 Å². The summed E-state index contributed by atoms with van der Waals surface area (Å²) in [5.74, 6) is 1.20. The van der Waals surface area contributed by atoms with Gasteiger partial charge in [-0.25, -0.2) is 8.42 Å². The van der Waals surface area contributed by atoms with Crippen LogP contribution >= 0.6 is 0 Å². The fourth-order valence-corrected chi connectivity index (χ4v) is 4.15. The Bertz CT molecular complexity index is 495. The molecule has 2 rings (SSSR count). The number of benzene rings is 1. The highest BCUT2D eigenvalue weighted by Crippen LogP contribution is 2.23. The summed E-state index contributed by atoms with van der Waals surface area (Å²) in [7, 11) is -1.33. The Morgan fingerprint density at radius 3 is 2.50 bits per heavy atom. The highest BCUT2D eigenvalue weighted by Gasteiger charge is 2.30. The number of sulfone groups is 1. The number of rotatable bonds is 3. The molecule has 0 aromatic heterocycles. The van der Waals surface area contributed by atoms with E-state index in [2.05, 4.69) is 5.32 Å². The van der Waals surface area contributed by atoms with Crippen molar-refractivity contribution in [3.63, 3.8) is 0 Å². The molecule has 5 heteroatoms. The van der Waals surface area contributed by atoms with E-state index in [4.69, 9.17) is 4.74 Å². The molecule has 0 amide bonds. The Balaban J connectivity index is 2.20. The van der Waals surface area contributed by atoms with Crippen LogP contribution < -0.4 is 10.1 Å². The number of methoxy groups -OCH3 is 1. The molecule has 18 heavy (non-hydrogen) atoms. The molecule has 0 spiro atoms. The van der Waals surface area contributed by atoms with E-state index >= 15 is 0 Å². The lowest BCUT2D eigenvalue weighted by Crippen LogP contribution is -2.46. The molecule has 1 fully saturated rings. The average molecular weight is 269 g/mol. The van der Waals surface area contributed by atoms with Crippen molar-refractivity contribution in [2.45, 2.75) is 25.4 Å². The molecule has 1 N–H and O–H groups in total. The van der Waals surface area contributed by atoms with Gasteiger partial charge in [-0.1, -0.05) is 19.1 Å². The fraction of sp³-hybridized carbons (Fsp3) is 0.538. The van der Waals surface area contributed by atoms with Crippen LogP contribution in [0.4, 0.5) is 0 Å². The van der Waals surface area contributed by atoms with Crippen LogP contribution in [0, 0.1) is 0 Å². The van der Waals surface area contributed by atoms with Crippen molar-refractivity contribution in [2.75, 3.05) is 18.6 Å². The van der Waals surface area contributed by atoms with Gasteiger partial charge in [-0.15, -0.1) is 0 Å². The lowest BCUT2D eigenvalue weighted by Gasteiger charge is -2.30. The van der Waals surface area contributed by atoms with E-state index in [0.717, 1.165) is 17.7 Å². The zero-order chi connectivity index (χ0) is 13.2. The van der Waals surface area contributed by atoms with Gasteiger partial charge >= 0.3 is 0 Å². The van der Waals surface area contributed by atoms with Crippen molar-refractivity contribution < 1.29 is 13.2 Å². The highest BCUT2D eigenvalue weighted by atomic mass is 32.2. The minimum atomic E-state index is -2.95. The first-order valence-corrected chi connectivity index (χ1v) is 7.96. The van der Waals surface area contributed by atoms with Gasteiger partial charge in [0, 0.05) is 12.1 Å². The summed E-state index contributed by atoms with van der Waals surface area (Å²) in [5.41, 5.74) is 0.998. The second-order valence-electron chi connectivity index (χ2n) is 4.67. The van der Waals surface area contributed by atoms with Gasteiger partial charge in [-0.05, 0) is 24.1 Å². The lowest BCUT2D eigenvalue weighted by atomic mass is 10.1. The van der Waals surface area contributed by atoms with Crippen LogP contribution in [-0.2, 0) is 9.84 Å². The summed E-state index contributed by atoms with van der Waals surface area (Å²) in [5, 5.41) is 3.39. The van der Waals surface area contributed by atoms with E-state index in [1.54, 1.807) is 7.11 Å². The first-order valence-electron chi connectivity index (χ1n) is 6.14. The van der Waals surface area contributed by atoms with Crippen molar-refractivity contribution in [1.82, 2.24) is 5.32 Å². The summed E-state index contributed by atoms with van der Waals surface area (Å²) in [4.78, 5) is 0.